The molecule has 0 atom stereocenters. The summed E-state index contributed by atoms with van der Waals surface area (Å²) >= 11 is 0. The van der Waals surface area contributed by atoms with Gasteiger partial charge in [-0.05, 0) is 32.4 Å². The molecule has 0 aliphatic heterocycles. The first kappa shape index (κ1) is 27.9. The van der Waals surface area contributed by atoms with Gasteiger partial charge in [0.1, 0.15) is 0 Å². The van der Waals surface area contributed by atoms with Crippen molar-refractivity contribution in [3.63, 3.8) is 0 Å². The Bertz CT molecular complexity index is 342. The molecule has 6 heteroatoms. The van der Waals surface area contributed by atoms with E-state index in [2.05, 4.69) is 0 Å². The molecule has 0 fully saturated rings. The van der Waals surface area contributed by atoms with Crippen LogP contribution >= 0.6 is 0 Å². The molecule has 122 valence electrons. The Morgan fingerprint density at radius 3 is 1.05 bits per heavy atom. The smallest absolute Gasteiger partial charge is 0.876 e. The average molecular weight is 476 g/mol. The summed E-state index contributed by atoms with van der Waals surface area (Å²) in [6.07, 6.45) is 4.62. The summed E-state index contributed by atoms with van der Waals surface area (Å²) in [6, 6.07) is 0. The fourth-order valence-corrected chi connectivity index (χ4v) is 0.860. The zero-order valence-electron chi connectivity index (χ0n) is 13.3. The van der Waals surface area contributed by atoms with Crippen molar-refractivity contribution in [1.29, 1.82) is 0 Å². The number of carbonyl (C=O) groups excluding carboxylic acids is 2. The van der Waals surface area contributed by atoms with Gasteiger partial charge in [0, 0.05) is 0 Å². The topological polar surface area (TPSA) is 103 Å². The molecular formula is C15H23IrO5. The van der Waals surface area contributed by atoms with Gasteiger partial charge in [0.25, 0.3) is 0 Å². The second kappa shape index (κ2) is 18.6. The largest absolute Gasteiger partial charge is 3.00 e. The number of hydrogen-bond acceptors (Lipinski definition) is 5. The van der Waals surface area contributed by atoms with Crippen LogP contribution in [0.15, 0.2) is 35.5 Å². The van der Waals surface area contributed by atoms with Crippen LogP contribution in [0.1, 0.15) is 48.0 Å². The normalized spacial score (nSPS) is 11.0. The maximum atomic E-state index is 9.99. The average Bonchev–Trinajstić information content (AvgIpc) is 2.13. The Morgan fingerprint density at radius 2 is 1.05 bits per heavy atom. The van der Waals surface area contributed by atoms with Gasteiger partial charge < -0.3 is 15.3 Å². The van der Waals surface area contributed by atoms with E-state index in [0.29, 0.717) is 0 Å². The second-order valence-electron chi connectivity index (χ2n) is 3.95. The molecule has 0 aromatic carbocycles. The van der Waals surface area contributed by atoms with E-state index in [0.717, 1.165) is 18.6 Å². The van der Waals surface area contributed by atoms with E-state index in [9.17, 15) is 24.9 Å². The number of rotatable bonds is 3. The predicted octanol–water partition coefficient (Wildman–Crippen LogP) is 0.337. The molecule has 0 heterocycles. The van der Waals surface area contributed by atoms with Crippen LogP contribution < -0.4 is 15.3 Å². The first-order valence-corrected chi connectivity index (χ1v) is 6.08. The number of carbonyl (C=O) groups is 2. The molecule has 0 aromatic heterocycles. The van der Waals surface area contributed by atoms with Gasteiger partial charge in [-0.3, -0.25) is 9.59 Å². The van der Waals surface area contributed by atoms with Gasteiger partial charge in [0.15, 0.2) is 11.6 Å². The molecule has 0 radical (unpaired) electrons. The zero-order chi connectivity index (χ0) is 16.7. The first-order chi connectivity index (χ1) is 9.02. The minimum atomic E-state index is -0.187. The second-order valence-corrected chi connectivity index (χ2v) is 3.95. The van der Waals surface area contributed by atoms with Gasteiger partial charge in [-0.25, -0.2) is 0 Å². The minimum absolute atomic E-state index is 0. The molecule has 5 nitrogen and oxygen atoms in total. The first-order valence-electron chi connectivity index (χ1n) is 6.08. The maximum absolute atomic E-state index is 9.99. The van der Waals surface area contributed by atoms with Crippen molar-refractivity contribution < 1.29 is 45.0 Å². The molecule has 0 aliphatic carbocycles. The van der Waals surface area contributed by atoms with Crippen molar-refractivity contribution in [1.82, 2.24) is 0 Å². The molecule has 0 aromatic rings. The number of allylic oxidation sites excluding steroid dienone is 6. The van der Waals surface area contributed by atoms with Crippen molar-refractivity contribution in [3.05, 3.63) is 35.5 Å². The Morgan fingerprint density at radius 1 is 0.762 bits per heavy atom. The molecule has 21 heavy (non-hydrogen) atoms. The van der Waals surface area contributed by atoms with Crippen molar-refractivity contribution in [3.8, 4) is 0 Å². The van der Waals surface area contributed by atoms with Crippen LogP contribution in [0.5, 0.6) is 0 Å². The van der Waals surface area contributed by atoms with Crippen LogP contribution in [0.4, 0.5) is 0 Å². The third-order valence-electron chi connectivity index (χ3n) is 1.30. The molecule has 0 saturated heterocycles. The summed E-state index contributed by atoms with van der Waals surface area (Å²) in [5.41, 5.74) is 0. The molecular weight excluding hydrogens is 452 g/mol. The van der Waals surface area contributed by atoms with E-state index in [1.165, 1.54) is 27.7 Å². The van der Waals surface area contributed by atoms with E-state index in [1.54, 1.807) is 13.0 Å². The van der Waals surface area contributed by atoms with Crippen LogP contribution in [-0.4, -0.2) is 11.6 Å². The van der Waals surface area contributed by atoms with E-state index >= 15 is 0 Å². The quantitative estimate of drug-likeness (QED) is 0.433. The maximum Gasteiger partial charge on any atom is 3.00 e. The van der Waals surface area contributed by atoms with Crippen LogP contribution in [0.2, 0.25) is 0 Å². The fourth-order valence-electron chi connectivity index (χ4n) is 0.860. The van der Waals surface area contributed by atoms with E-state index in [4.69, 9.17) is 0 Å². The van der Waals surface area contributed by atoms with Crippen molar-refractivity contribution in [2.75, 3.05) is 0 Å². The molecule has 0 bridgehead atoms. The van der Waals surface area contributed by atoms with Gasteiger partial charge in [-0.15, -0.1) is 17.3 Å². The Hall–Kier alpha value is -1.39. The van der Waals surface area contributed by atoms with Crippen molar-refractivity contribution in [2.24, 2.45) is 0 Å². The SMILES string of the molecule is CC(=O)/C=C(/C)[O-].CC(=O)/C=C(/C)[O-].CC/C=C(/C)[O-].[Ir+3]. The van der Waals surface area contributed by atoms with Crippen LogP contribution in [0, 0.1) is 0 Å². The van der Waals surface area contributed by atoms with Crippen molar-refractivity contribution >= 4 is 11.6 Å². The summed E-state index contributed by atoms with van der Waals surface area (Å²) < 4.78 is 0. The Kier molecular flexibility index (Phi) is 24.7. The Balaban J connectivity index is -0.000000101. The molecule has 0 amide bonds. The van der Waals surface area contributed by atoms with Gasteiger partial charge in [-0.1, -0.05) is 33.8 Å². The van der Waals surface area contributed by atoms with E-state index in [1.807, 2.05) is 6.92 Å². The zero-order valence-corrected chi connectivity index (χ0v) is 15.7. The number of hydrogen-bond donors (Lipinski definition) is 0. The van der Waals surface area contributed by atoms with Crippen LogP contribution in [-0.2, 0) is 29.7 Å². The molecule has 0 spiro atoms. The Labute approximate surface area is 140 Å². The molecule has 0 aliphatic rings. The number of ketones is 2. The molecule has 0 saturated carbocycles. The van der Waals surface area contributed by atoms with E-state index < -0.39 is 0 Å². The fraction of sp³-hybridized carbons (Fsp3) is 0.467. The summed E-state index contributed by atoms with van der Waals surface area (Å²) in [6.45, 7) is 8.90. The molecule has 0 rings (SSSR count). The predicted molar refractivity (Wildman–Crippen MR) is 72.9 cm³/mol. The third-order valence-corrected chi connectivity index (χ3v) is 1.30. The summed E-state index contributed by atoms with van der Waals surface area (Å²) in [5.74, 6) is -0.586. The van der Waals surface area contributed by atoms with Gasteiger partial charge >= 0.3 is 20.1 Å². The van der Waals surface area contributed by atoms with Crippen LogP contribution in [0.25, 0.3) is 0 Å². The summed E-state index contributed by atoms with van der Waals surface area (Å²) in [7, 11) is 0. The molecule has 0 N–H and O–H groups in total. The standard InChI is InChI=1S/2C5H8O2.C5H10O.Ir/c2*1-4(6)3-5(2)7;1-3-4-5(2)6;/h2*3,6H,1-2H3;4,6H,3H2,1-2H3;/q;;;+3/p-3/b2*4-3-;5-4-;. The summed E-state index contributed by atoms with van der Waals surface area (Å²) in [4.78, 5) is 20.0. The monoisotopic (exact) mass is 476 g/mol. The molecule has 0 unspecified atom stereocenters. The van der Waals surface area contributed by atoms with Gasteiger partial charge in [0.2, 0.25) is 0 Å². The summed E-state index contributed by atoms with van der Waals surface area (Å²) in [5, 5.41) is 29.9. The van der Waals surface area contributed by atoms with Crippen molar-refractivity contribution in [2.45, 2.75) is 48.0 Å². The van der Waals surface area contributed by atoms with Crippen LogP contribution in [0.3, 0.4) is 0 Å². The minimum Gasteiger partial charge on any atom is -0.876 e. The van der Waals surface area contributed by atoms with E-state index in [-0.39, 0.29) is 48.9 Å². The van der Waals surface area contributed by atoms with Gasteiger partial charge in [0.05, 0.1) is 0 Å². The van der Waals surface area contributed by atoms with Gasteiger partial charge in [-0.2, -0.15) is 0 Å². The third kappa shape index (κ3) is 55.6.